The van der Waals surface area contributed by atoms with Gasteiger partial charge in [-0.25, -0.2) is 10.8 Å². The summed E-state index contributed by atoms with van der Waals surface area (Å²) in [6.45, 7) is 7.22. The molecule has 10 nitrogen and oxygen atoms in total. The second-order valence-corrected chi connectivity index (χ2v) is 9.64. The molecule has 10 heteroatoms. The highest BCUT2D eigenvalue weighted by atomic mass is 16.5. The van der Waals surface area contributed by atoms with Crippen molar-refractivity contribution in [1.29, 1.82) is 0 Å². The molecule has 1 aliphatic heterocycles. The van der Waals surface area contributed by atoms with Crippen LogP contribution in [0.15, 0.2) is 30.1 Å². The quantitative estimate of drug-likeness (QED) is 0.283. The Kier molecular flexibility index (Phi) is 10.8. The van der Waals surface area contributed by atoms with E-state index in [2.05, 4.69) is 9.97 Å². The van der Waals surface area contributed by atoms with Gasteiger partial charge in [-0.1, -0.05) is 26.3 Å². The molecular formula is C28H42N6O4. The second kappa shape index (κ2) is 14.1. The van der Waals surface area contributed by atoms with E-state index in [0.717, 1.165) is 36.2 Å². The van der Waals surface area contributed by atoms with Gasteiger partial charge in [0.2, 0.25) is 0 Å². The Bertz CT molecular complexity index is 1100. The average Bonchev–Trinajstić information content (AvgIpc) is 2.89. The smallest absolute Gasteiger partial charge is 0.316 e. The van der Waals surface area contributed by atoms with Crippen molar-refractivity contribution < 1.29 is 19.0 Å². The van der Waals surface area contributed by atoms with Gasteiger partial charge >= 0.3 is 12.0 Å². The third-order valence-electron chi connectivity index (χ3n) is 7.07. The average molecular weight is 527 g/mol. The molecule has 1 aliphatic carbocycles. The summed E-state index contributed by atoms with van der Waals surface area (Å²) in [5.41, 5.74) is 11.1. The van der Waals surface area contributed by atoms with Crippen LogP contribution in [0, 0.1) is 12.8 Å². The second-order valence-electron chi connectivity index (χ2n) is 9.64. The molecule has 2 aliphatic rings. The molecule has 1 saturated heterocycles. The highest BCUT2D eigenvalue weighted by molar-refractivity contribution is 5.69. The van der Waals surface area contributed by atoms with Crippen molar-refractivity contribution in [3.05, 3.63) is 52.7 Å². The van der Waals surface area contributed by atoms with Crippen molar-refractivity contribution >= 4 is 11.7 Å². The first-order chi connectivity index (χ1) is 18.4. The number of pyridine rings is 1. The van der Waals surface area contributed by atoms with Gasteiger partial charge < -0.3 is 25.0 Å². The molecule has 3 heterocycles. The van der Waals surface area contributed by atoms with E-state index >= 15 is 0 Å². The van der Waals surface area contributed by atoms with Crippen molar-refractivity contribution in [3.8, 4) is 6.01 Å². The fourth-order valence-corrected chi connectivity index (χ4v) is 4.75. The van der Waals surface area contributed by atoms with Gasteiger partial charge in [0.25, 0.3) is 0 Å². The molecular weight excluding hydrogens is 484 g/mol. The monoisotopic (exact) mass is 526 g/mol. The summed E-state index contributed by atoms with van der Waals surface area (Å²) >= 11 is 0. The number of esters is 1. The molecule has 0 radical (unpaired) electrons. The molecule has 0 spiro atoms. The van der Waals surface area contributed by atoms with Crippen LogP contribution in [0.4, 0.5) is 0 Å². The maximum atomic E-state index is 11.7. The molecule has 4 N–H and O–H groups in total. The van der Waals surface area contributed by atoms with Crippen molar-refractivity contribution in [2.75, 3.05) is 34.0 Å². The van der Waals surface area contributed by atoms with Crippen molar-refractivity contribution in [1.82, 2.24) is 20.0 Å². The van der Waals surface area contributed by atoms with Crippen LogP contribution in [0.25, 0.3) is 5.70 Å². The van der Waals surface area contributed by atoms with Crippen molar-refractivity contribution in [3.63, 3.8) is 0 Å². The molecule has 0 amide bonds. The molecule has 2 fully saturated rings. The van der Waals surface area contributed by atoms with Gasteiger partial charge in [-0.15, -0.1) is 0 Å². The van der Waals surface area contributed by atoms with Crippen LogP contribution in [0.3, 0.4) is 0 Å². The molecule has 38 heavy (non-hydrogen) atoms. The lowest BCUT2D eigenvalue weighted by Crippen LogP contribution is -2.31. The van der Waals surface area contributed by atoms with E-state index in [0.29, 0.717) is 48.7 Å². The summed E-state index contributed by atoms with van der Waals surface area (Å²) in [5, 5.41) is 1.43. The maximum absolute atomic E-state index is 11.7. The SMILES string of the molecule is CC.COC(=O)CC1COCC(c2ccc(/C(N)=C(\COc3nccc(C4CCC4)n3)N(C)N)nc2C)C1. The highest BCUT2D eigenvalue weighted by Gasteiger charge is 2.28. The zero-order valence-corrected chi connectivity index (χ0v) is 23.3. The van der Waals surface area contributed by atoms with Gasteiger partial charge in [-0.3, -0.25) is 9.78 Å². The third kappa shape index (κ3) is 7.41. The van der Waals surface area contributed by atoms with Gasteiger partial charge in [0, 0.05) is 37.4 Å². The fourth-order valence-electron chi connectivity index (χ4n) is 4.75. The molecule has 2 atom stereocenters. The molecule has 2 aromatic rings. The van der Waals surface area contributed by atoms with Crippen LogP contribution in [0.5, 0.6) is 6.01 Å². The van der Waals surface area contributed by atoms with Crippen LogP contribution in [-0.4, -0.2) is 59.9 Å². The standard InChI is InChI=1S/C26H36N6O4.C2H6/c1-16-20(19-11-17(13-35-14-19)12-24(33)34-3)7-8-22(30-16)25(27)23(32(2)28)15-36-26-29-10-9-21(31-26)18-5-4-6-18;1-2/h7-10,17-19H,4-6,11-15,27-28H2,1-3H3;1-2H3/b25-23-;. The Morgan fingerprint density at radius 1 is 1.16 bits per heavy atom. The van der Waals surface area contributed by atoms with E-state index in [1.54, 1.807) is 13.2 Å². The van der Waals surface area contributed by atoms with Gasteiger partial charge in [0.05, 0.1) is 42.9 Å². The molecule has 208 valence electrons. The van der Waals surface area contributed by atoms with Crippen molar-refractivity contribution in [2.24, 2.45) is 17.5 Å². The Hall–Kier alpha value is -3.24. The topological polar surface area (TPSA) is 139 Å². The summed E-state index contributed by atoms with van der Waals surface area (Å²) in [4.78, 5) is 25.2. The molecule has 2 aromatic heterocycles. The van der Waals surface area contributed by atoms with Crippen LogP contribution in [0.2, 0.25) is 0 Å². The zero-order chi connectivity index (χ0) is 27.7. The Balaban J connectivity index is 0.00000195. The number of aromatic nitrogens is 3. The fraction of sp³-hybridized carbons (Fsp3) is 0.571. The lowest BCUT2D eigenvalue weighted by Gasteiger charge is -2.30. The number of rotatable bonds is 9. The van der Waals surface area contributed by atoms with Gasteiger partial charge in [-0.2, -0.15) is 4.98 Å². The largest absolute Gasteiger partial charge is 0.469 e. The first-order valence-electron chi connectivity index (χ1n) is 13.4. The van der Waals surface area contributed by atoms with Crippen LogP contribution in [0.1, 0.15) is 80.4 Å². The number of hydrazine groups is 1. The van der Waals surface area contributed by atoms with Crippen molar-refractivity contribution in [2.45, 2.75) is 64.7 Å². The summed E-state index contributed by atoms with van der Waals surface area (Å²) in [7, 11) is 3.12. The molecule has 0 aromatic carbocycles. The summed E-state index contributed by atoms with van der Waals surface area (Å²) in [6, 6.07) is 6.17. The van der Waals surface area contributed by atoms with E-state index in [1.807, 2.05) is 39.0 Å². The van der Waals surface area contributed by atoms with E-state index in [4.69, 9.17) is 30.8 Å². The Morgan fingerprint density at radius 2 is 1.92 bits per heavy atom. The van der Waals surface area contributed by atoms with Gasteiger partial charge in [-0.05, 0) is 49.8 Å². The third-order valence-corrected chi connectivity index (χ3v) is 7.07. The number of ether oxygens (including phenoxy) is 3. The minimum atomic E-state index is -0.215. The number of hydrogen-bond donors (Lipinski definition) is 2. The van der Waals surface area contributed by atoms with Crippen LogP contribution in [-0.2, 0) is 14.3 Å². The molecule has 1 saturated carbocycles. The number of aryl methyl sites for hydroxylation is 1. The van der Waals surface area contributed by atoms with E-state index < -0.39 is 0 Å². The summed E-state index contributed by atoms with van der Waals surface area (Å²) < 4.78 is 16.5. The lowest BCUT2D eigenvalue weighted by atomic mass is 9.83. The number of likely N-dealkylation sites (N-methyl/N-ethyl adjacent to an activating group) is 1. The normalized spacial score (nSPS) is 19.8. The minimum absolute atomic E-state index is 0.112. The maximum Gasteiger partial charge on any atom is 0.316 e. The Morgan fingerprint density at radius 3 is 2.55 bits per heavy atom. The number of carbonyl (C=O) groups excluding carboxylic acids is 1. The van der Waals surface area contributed by atoms with Crippen LogP contribution < -0.4 is 16.3 Å². The lowest BCUT2D eigenvalue weighted by molar-refractivity contribution is -0.143. The van der Waals surface area contributed by atoms with E-state index in [9.17, 15) is 4.79 Å². The Labute approximate surface area is 225 Å². The predicted molar refractivity (Wildman–Crippen MR) is 146 cm³/mol. The van der Waals surface area contributed by atoms with E-state index in [1.165, 1.54) is 18.5 Å². The number of methoxy groups -OCH3 is 1. The number of nitrogens with zero attached hydrogens (tertiary/aromatic N) is 4. The zero-order valence-electron chi connectivity index (χ0n) is 23.3. The minimum Gasteiger partial charge on any atom is -0.469 e. The molecule has 2 unspecified atom stereocenters. The van der Waals surface area contributed by atoms with Gasteiger partial charge in [0.1, 0.15) is 6.61 Å². The number of hydrogen-bond acceptors (Lipinski definition) is 10. The molecule has 0 bridgehead atoms. The predicted octanol–water partition coefficient (Wildman–Crippen LogP) is 3.67. The highest BCUT2D eigenvalue weighted by Crippen LogP contribution is 2.35. The summed E-state index contributed by atoms with van der Waals surface area (Å²) in [5.74, 6) is 6.64. The van der Waals surface area contributed by atoms with Crippen LogP contribution >= 0.6 is 0 Å². The number of carbonyl (C=O) groups is 1. The summed E-state index contributed by atoms with van der Waals surface area (Å²) in [6.07, 6.45) is 6.46. The first-order valence-corrected chi connectivity index (χ1v) is 13.4. The molecule has 4 rings (SSSR count). The van der Waals surface area contributed by atoms with E-state index in [-0.39, 0.29) is 24.4 Å². The number of nitrogens with two attached hydrogens (primary N) is 2. The van der Waals surface area contributed by atoms with Gasteiger partial charge in [0.15, 0.2) is 0 Å². The first kappa shape index (κ1) is 29.3.